The van der Waals surface area contributed by atoms with Gasteiger partial charge in [-0.1, -0.05) is 6.07 Å². The lowest BCUT2D eigenvalue weighted by atomic mass is 10.0. The average molecular weight is 413 g/mol. The summed E-state index contributed by atoms with van der Waals surface area (Å²) in [5, 5.41) is 15.0. The molecule has 2 heterocycles. The lowest BCUT2D eigenvalue weighted by Crippen LogP contribution is -2.44. The highest BCUT2D eigenvalue weighted by Gasteiger charge is 2.32. The molecular formula is C17H16ClF3N6O. The van der Waals surface area contributed by atoms with Crippen molar-refractivity contribution >= 4 is 34.7 Å². The third-order valence-electron chi connectivity index (χ3n) is 4.05. The molecule has 4 N–H and O–H groups in total. The van der Waals surface area contributed by atoms with Crippen molar-refractivity contribution in [1.29, 1.82) is 5.41 Å². The maximum absolute atomic E-state index is 13.2. The number of hydrazone groups is 1. The highest BCUT2D eigenvalue weighted by molar-refractivity contribution is 6.63. The second kappa shape index (κ2) is 7.64. The van der Waals surface area contributed by atoms with Gasteiger partial charge in [0, 0.05) is 30.0 Å². The largest absolute Gasteiger partial charge is 0.437 e. The fourth-order valence-corrected chi connectivity index (χ4v) is 2.74. The van der Waals surface area contributed by atoms with Crippen molar-refractivity contribution in [2.45, 2.75) is 19.3 Å². The molecule has 7 nitrogen and oxygen atoms in total. The molecule has 0 saturated heterocycles. The van der Waals surface area contributed by atoms with Gasteiger partial charge in [0.15, 0.2) is 0 Å². The van der Waals surface area contributed by atoms with Crippen LogP contribution in [0.4, 0.5) is 13.2 Å². The first-order valence-electron chi connectivity index (χ1n) is 8.06. The van der Waals surface area contributed by atoms with Crippen molar-refractivity contribution in [2.24, 2.45) is 15.8 Å². The molecule has 3 rings (SSSR count). The molecule has 0 aliphatic carbocycles. The van der Waals surface area contributed by atoms with Crippen molar-refractivity contribution < 1.29 is 17.9 Å². The summed E-state index contributed by atoms with van der Waals surface area (Å²) in [6, 6.07) is 3.19. The topological polar surface area (TPSA) is 99.1 Å². The van der Waals surface area contributed by atoms with Gasteiger partial charge < -0.3 is 15.8 Å². The van der Waals surface area contributed by atoms with Gasteiger partial charge in [0.1, 0.15) is 11.9 Å². The van der Waals surface area contributed by atoms with Gasteiger partial charge >= 0.3 is 6.18 Å². The van der Waals surface area contributed by atoms with Crippen LogP contribution in [0, 0.1) is 5.41 Å². The van der Waals surface area contributed by atoms with Crippen LogP contribution in [0.2, 0.25) is 0 Å². The maximum Gasteiger partial charge on any atom is 0.416 e. The molecule has 0 fully saturated rings. The van der Waals surface area contributed by atoms with Gasteiger partial charge in [-0.2, -0.15) is 13.2 Å². The number of hydrogen-bond acceptors (Lipinski definition) is 6. The van der Waals surface area contributed by atoms with Gasteiger partial charge in [-0.15, -0.1) is 5.10 Å². The predicted octanol–water partition coefficient (Wildman–Crippen LogP) is 3.09. The summed E-state index contributed by atoms with van der Waals surface area (Å²) in [5.74, 6) is -0.0997. The second-order valence-corrected chi connectivity index (χ2v) is 6.39. The van der Waals surface area contributed by atoms with E-state index in [0.717, 1.165) is 17.1 Å². The SMILES string of the molecule is CC1=CC(Oc2cc(C(F)(F)F)ccc2C2=CN=CNC2)=NN(C(=N)Cl)C1N. The van der Waals surface area contributed by atoms with Crippen LogP contribution < -0.4 is 15.8 Å². The second-order valence-electron chi connectivity index (χ2n) is 6.03. The van der Waals surface area contributed by atoms with E-state index in [0.29, 0.717) is 23.3 Å². The Kier molecular flexibility index (Phi) is 5.43. The van der Waals surface area contributed by atoms with E-state index in [1.807, 2.05) is 0 Å². The number of aliphatic imine (C=N–C) groups is 1. The number of ether oxygens (including phenoxy) is 1. The quantitative estimate of drug-likeness (QED) is 0.395. The standard InChI is InChI=1S/C17H16ClF3N6O/c1-9-4-14(26-27(15(9)22)16(18)23)28-13-5-11(17(19,20)21)2-3-12(13)10-6-24-8-25-7-10/h2-6,8,15,23H,7,22H2,1H3,(H,24,25). The Morgan fingerprint density at radius 3 is 2.79 bits per heavy atom. The molecule has 0 amide bonds. The van der Waals surface area contributed by atoms with Gasteiger partial charge in [0.05, 0.1) is 11.9 Å². The van der Waals surface area contributed by atoms with Crippen LogP contribution >= 0.6 is 11.6 Å². The van der Waals surface area contributed by atoms with Crippen LogP contribution in [-0.2, 0) is 6.18 Å². The zero-order valence-electron chi connectivity index (χ0n) is 14.6. The minimum absolute atomic E-state index is 0.0435. The van der Waals surface area contributed by atoms with Crippen molar-refractivity contribution in [2.75, 3.05) is 6.54 Å². The first kappa shape index (κ1) is 19.9. The zero-order chi connectivity index (χ0) is 20.5. The van der Waals surface area contributed by atoms with Crippen LogP contribution in [0.25, 0.3) is 5.57 Å². The number of nitrogens with two attached hydrogens (primary N) is 1. The molecule has 0 saturated carbocycles. The Bertz CT molecular complexity index is 922. The average Bonchev–Trinajstić information content (AvgIpc) is 2.64. The monoisotopic (exact) mass is 412 g/mol. The number of amidine groups is 1. The molecule has 2 aliphatic rings. The van der Waals surface area contributed by atoms with E-state index < -0.39 is 23.2 Å². The third-order valence-corrected chi connectivity index (χ3v) is 4.22. The Labute approximate surface area is 163 Å². The van der Waals surface area contributed by atoms with Gasteiger partial charge in [-0.25, -0.2) is 10.0 Å². The highest BCUT2D eigenvalue weighted by atomic mass is 35.5. The predicted molar refractivity (Wildman–Crippen MR) is 101 cm³/mol. The molecule has 0 aromatic heterocycles. The fourth-order valence-electron chi connectivity index (χ4n) is 2.59. The highest BCUT2D eigenvalue weighted by Crippen LogP contribution is 2.36. The minimum atomic E-state index is -4.54. The number of alkyl halides is 3. The number of hydrogen-bond donors (Lipinski definition) is 3. The van der Waals surface area contributed by atoms with Gasteiger partial charge in [-0.05, 0) is 36.2 Å². The number of nitrogens with zero attached hydrogens (tertiary/aromatic N) is 3. The third kappa shape index (κ3) is 4.18. The molecule has 11 heteroatoms. The summed E-state index contributed by atoms with van der Waals surface area (Å²) in [6.07, 6.45) is -0.807. The van der Waals surface area contributed by atoms with E-state index in [9.17, 15) is 13.2 Å². The van der Waals surface area contributed by atoms with Crippen molar-refractivity contribution in [1.82, 2.24) is 10.3 Å². The summed E-state index contributed by atoms with van der Waals surface area (Å²) < 4.78 is 45.2. The molecule has 1 atom stereocenters. The van der Waals surface area contributed by atoms with Crippen LogP contribution in [0.5, 0.6) is 5.75 Å². The van der Waals surface area contributed by atoms with E-state index in [2.05, 4.69) is 15.4 Å². The molecule has 0 bridgehead atoms. The summed E-state index contributed by atoms with van der Waals surface area (Å²) in [6.45, 7) is 2.04. The fraction of sp³-hybridized carbons (Fsp3) is 0.235. The first-order chi connectivity index (χ1) is 13.2. The molecule has 1 unspecified atom stereocenters. The first-order valence-corrected chi connectivity index (χ1v) is 8.44. The zero-order valence-corrected chi connectivity index (χ0v) is 15.3. The van der Waals surface area contributed by atoms with E-state index in [1.165, 1.54) is 24.7 Å². The molecule has 0 radical (unpaired) electrons. The van der Waals surface area contributed by atoms with Crippen LogP contribution in [-0.4, -0.2) is 35.3 Å². The Morgan fingerprint density at radius 1 is 1.43 bits per heavy atom. The van der Waals surface area contributed by atoms with Gasteiger partial charge in [-0.3, -0.25) is 5.41 Å². The Balaban J connectivity index is 2.04. The summed E-state index contributed by atoms with van der Waals surface area (Å²) in [7, 11) is 0. The maximum atomic E-state index is 13.2. The molecule has 0 spiro atoms. The Hall–Kier alpha value is -2.85. The smallest absolute Gasteiger partial charge is 0.416 e. The van der Waals surface area contributed by atoms with Crippen LogP contribution in [0.15, 0.2) is 46.1 Å². The van der Waals surface area contributed by atoms with Gasteiger partial charge in [0.2, 0.25) is 11.2 Å². The van der Waals surface area contributed by atoms with Gasteiger partial charge in [0.25, 0.3) is 0 Å². The van der Waals surface area contributed by atoms with E-state index in [4.69, 9.17) is 27.5 Å². The minimum Gasteiger partial charge on any atom is -0.437 e. The molecule has 2 aliphatic heterocycles. The van der Waals surface area contributed by atoms with Crippen molar-refractivity contribution in [3.8, 4) is 5.75 Å². The number of rotatable bonds is 2. The lowest BCUT2D eigenvalue weighted by Gasteiger charge is -2.28. The molecular weight excluding hydrogens is 397 g/mol. The molecule has 1 aromatic rings. The number of halogens is 4. The summed E-state index contributed by atoms with van der Waals surface area (Å²) in [5.41, 5.74) is 6.67. The Morgan fingerprint density at radius 2 is 2.18 bits per heavy atom. The van der Waals surface area contributed by atoms with E-state index in [-0.39, 0.29) is 11.6 Å². The van der Waals surface area contributed by atoms with Crippen LogP contribution in [0.1, 0.15) is 18.1 Å². The number of benzene rings is 1. The van der Waals surface area contributed by atoms with Crippen molar-refractivity contribution in [3.05, 3.63) is 47.2 Å². The van der Waals surface area contributed by atoms with E-state index in [1.54, 1.807) is 6.92 Å². The van der Waals surface area contributed by atoms with E-state index >= 15 is 0 Å². The molecule has 28 heavy (non-hydrogen) atoms. The molecule has 1 aromatic carbocycles. The lowest BCUT2D eigenvalue weighted by molar-refractivity contribution is -0.137. The summed E-state index contributed by atoms with van der Waals surface area (Å²) >= 11 is 5.68. The summed E-state index contributed by atoms with van der Waals surface area (Å²) in [4.78, 5) is 3.96. The van der Waals surface area contributed by atoms with Crippen molar-refractivity contribution in [3.63, 3.8) is 0 Å². The number of nitrogens with one attached hydrogen (secondary N) is 2. The van der Waals surface area contributed by atoms with Crippen LogP contribution in [0.3, 0.4) is 0 Å². The molecule has 148 valence electrons. The normalized spacial score (nSPS) is 19.4.